The van der Waals surface area contributed by atoms with Crippen molar-refractivity contribution in [1.29, 1.82) is 0 Å². The predicted octanol–water partition coefficient (Wildman–Crippen LogP) is 4.17. The molecule has 0 aliphatic heterocycles. The molecule has 0 amide bonds. The molecule has 94 valence electrons. The normalized spacial score (nSPS) is 29.7. The second-order valence-corrected chi connectivity index (χ2v) is 6.41. The van der Waals surface area contributed by atoms with Crippen molar-refractivity contribution in [2.45, 2.75) is 66.4 Å². The summed E-state index contributed by atoms with van der Waals surface area (Å²) in [4.78, 5) is 0. The Hall–Kier alpha value is -0.300. The molecule has 0 bridgehead atoms. The molecule has 0 aromatic heterocycles. The van der Waals surface area contributed by atoms with E-state index < -0.39 is 5.60 Å². The highest BCUT2D eigenvalue weighted by atomic mass is 16.3. The molecule has 0 saturated heterocycles. The van der Waals surface area contributed by atoms with Gasteiger partial charge in [0, 0.05) is 0 Å². The van der Waals surface area contributed by atoms with E-state index in [9.17, 15) is 5.11 Å². The van der Waals surface area contributed by atoms with E-state index in [-0.39, 0.29) is 5.41 Å². The fourth-order valence-corrected chi connectivity index (χ4v) is 2.68. The van der Waals surface area contributed by atoms with Gasteiger partial charge in [0.25, 0.3) is 0 Å². The Morgan fingerprint density at radius 1 is 1.56 bits per heavy atom. The summed E-state index contributed by atoms with van der Waals surface area (Å²) >= 11 is 0. The van der Waals surface area contributed by atoms with Gasteiger partial charge in [-0.1, -0.05) is 45.8 Å². The molecule has 0 aromatic carbocycles. The maximum absolute atomic E-state index is 10.5. The summed E-state index contributed by atoms with van der Waals surface area (Å²) in [6.07, 6.45) is 5.44. The van der Waals surface area contributed by atoms with E-state index in [2.05, 4.69) is 40.7 Å². The van der Waals surface area contributed by atoms with Crippen LogP contribution in [0, 0.1) is 17.3 Å². The Bertz CT molecular complexity index is 273. The first kappa shape index (κ1) is 13.8. The SMILES string of the molecule is CCC(C)C(C)(O)CC1CC=C(C)C1(C)C. The zero-order valence-electron chi connectivity index (χ0n) is 11.8. The van der Waals surface area contributed by atoms with E-state index in [1.165, 1.54) is 5.57 Å². The van der Waals surface area contributed by atoms with E-state index in [4.69, 9.17) is 0 Å². The largest absolute Gasteiger partial charge is 0.390 e. The van der Waals surface area contributed by atoms with Crippen LogP contribution in [0.1, 0.15) is 60.8 Å². The van der Waals surface area contributed by atoms with Crippen molar-refractivity contribution in [2.24, 2.45) is 17.3 Å². The summed E-state index contributed by atoms with van der Waals surface area (Å²) in [6, 6.07) is 0. The first-order valence-electron chi connectivity index (χ1n) is 6.61. The highest BCUT2D eigenvalue weighted by Gasteiger charge is 2.40. The van der Waals surface area contributed by atoms with E-state index in [0.717, 1.165) is 19.3 Å². The number of hydrogen-bond acceptors (Lipinski definition) is 1. The molecular formula is C15H28O. The molecule has 1 aliphatic carbocycles. The summed E-state index contributed by atoms with van der Waals surface area (Å²) in [7, 11) is 0. The Morgan fingerprint density at radius 2 is 2.12 bits per heavy atom. The van der Waals surface area contributed by atoms with E-state index in [1.807, 2.05) is 6.92 Å². The molecule has 1 aliphatic rings. The third-order valence-electron chi connectivity index (χ3n) is 5.08. The topological polar surface area (TPSA) is 20.2 Å². The van der Waals surface area contributed by atoms with Crippen molar-refractivity contribution >= 4 is 0 Å². The highest BCUT2D eigenvalue weighted by molar-refractivity contribution is 5.18. The standard InChI is InChI=1S/C15H28O/c1-7-11(2)15(6,16)10-13-9-8-12(3)14(13,4)5/h8,11,13,16H,7,9-10H2,1-6H3. The van der Waals surface area contributed by atoms with Crippen LogP contribution in [-0.4, -0.2) is 10.7 Å². The van der Waals surface area contributed by atoms with Gasteiger partial charge in [0.05, 0.1) is 5.60 Å². The van der Waals surface area contributed by atoms with Crippen LogP contribution in [0.15, 0.2) is 11.6 Å². The average Bonchev–Trinajstić information content (AvgIpc) is 2.43. The van der Waals surface area contributed by atoms with Crippen molar-refractivity contribution < 1.29 is 5.11 Å². The van der Waals surface area contributed by atoms with Gasteiger partial charge in [-0.2, -0.15) is 0 Å². The van der Waals surface area contributed by atoms with Crippen molar-refractivity contribution in [3.8, 4) is 0 Å². The lowest BCUT2D eigenvalue weighted by molar-refractivity contribution is -0.0272. The van der Waals surface area contributed by atoms with Crippen LogP contribution >= 0.6 is 0 Å². The smallest absolute Gasteiger partial charge is 0.0648 e. The van der Waals surface area contributed by atoms with Gasteiger partial charge in [-0.3, -0.25) is 0 Å². The lowest BCUT2D eigenvalue weighted by Crippen LogP contribution is -2.37. The zero-order valence-corrected chi connectivity index (χ0v) is 11.8. The molecule has 0 radical (unpaired) electrons. The highest BCUT2D eigenvalue weighted by Crippen LogP contribution is 2.47. The minimum atomic E-state index is -0.519. The molecule has 16 heavy (non-hydrogen) atoms. The van der Waals surface area contributed by atoms with Gasteiger partial charge in [-0.15, -0.1) is 0 Å². The third kappa shape index (κ3) is 2.51. The van der Waals surface area contributed by atoms with Crippen LogP contribution in [0.2, 0.25) is 0 Å². The number of rotatable bonds is 4. The molecule has 1 heteroatoms. The summed E-state index contributed by atoms with van der Waals surface area (Å²) in [5.41, 5.74) is 1.23. The Labute approximate surface area is 101 Å². The Morgan fingerprint density at radius 3 is 2.50 bits per heavy atom. The van der Waals surface area contributed by atoms with Crippen LogP contribution in [-0.2, 0) is 0 Å². The fraction of sp³-hybridized carbons (Fsp3) is 0.867. The molecule has 1 N–H and O–H groups in total. The molecule has 1 nitrogen and oxygen atoms in total. The molecule has 0 spiro atoms. The van der Waals surface area contributed by atoms with Gasteiger partial charge in [0.15, 0.2) is 0 Å². The van der Waals surface area contributed by atoms with Gasteiger partial charge in [-0.05, 0) is 43.9 Å². The lowest BCUT2D eigenvalue weighted by Gasteiger charge is -2.38. The van der Waals surface area contributed by atoms with Crippen molar-refractivity contribution in [1.82, 2.24) is 0 Å². The molecule has 0 saturated carbocycles. The number of aliphatic hydroxyl groups is 1. The first-order valence-corrected chi connectivity index (χ1v) is 6.61. The predicted molar refractivity (Wildman–Crippen MR) is 70.3 cm³/mol. The van der Waals surface area contributed by atoms with Gasteiger partial charge in [0.2, 0.25) is 0 Å². The van der Waals surface area contributed by atoms with Crippen molar-refractivity contribution in [3.63, 3.8) is 0 Å². The Balaban J connectivity index is 2.70. The van der Waals surface area contributed by atoms with E-state index in [1.54, 1.807) is 0 Å². The first-order chi connectivity index (χ1) is 7.21. The molecule has 0 heterocycles. The van der Waals surface area contributed by atoms with Gasteiger partial charge >= 0.3 is 0 Å². The maximum atomic E-state index is 10.5. The molecular weight excluding hydrogens is 196 g/mol. The van der Waals surface area contributed by atoms with Gasteiger partial charge < -0.3 is 5.11 Å². The summed E-state index contributed by atoms with van der Waals surface area (Å²) in [5, 5.41) is 10.5. The number of allylic oxidation sites excluding steroid dienone is 2. The molecule has 1 rings (SSSR count). The third-order valence-corrected chi connectivity index (χ3v) is 5.08. The van der Waals surface area contributed by atoms with Gasteiger partial charge in [0.1, 0.15) is 0 Å². The minimum Gasteiger partial charge on any atom is -0.390 e. The molecule has 0 fully saturated rings. The second-order valence-electron chi connectivity index (χ2n) is 6.41. The van der Waals surface area contributed by atoms with Crippen LogP contribution in [0.4, 0.5) is 0 Å². The Kier molecular flexibility index (Phi) is 3.89. The van der Waals surface area contributed by atoms with Crippen LogP contribution in [0.5, 0.6) is 0 Å². The summed E-state index contributed by atoms with van der Waals surface area (Å²) in [6.45, 7) is 13.2. The maximum Gasteiger partial charge on any atom is 0.0648 e. The van der Waals surface area contributed by atoms with Gasteiger partial charge in [-0.25, -0.2) is 0 Å². The average molecular weight is 224 g/mol. The van der Waals surface area contributed by atoms with Crippen LogP contribution < -0.4 is 0 Å². The fourth-order valence-electron chi connectivity index (χ4n) is 2.68. The molecule has 0 aromatic rings. The second kappa shape index (κ2) is 4.52. The monoisotopic (exact) mass is 224 g/mol. The molecule has 3 atom stereocenters. The summed E-state index contributed by atoms with van der Waals surface area (Å²) in [5.74, 6) is 0.973. The van der Waals surface area contributed by atoms with Crippen molar-refractivity contribution in [3.05, 3.63) is 11.6 Å². The van der Waals surface area contributed by atoms with E-state index in [0.29, 0.717) is 11.8 Å². The minimum absolute atomic E-state index is 0.261. The zero-order chi connectivity index (χ0) is 12.6. The number of hydrogen-bond donors (Lipinski definition) is 1. The molecule has 3 unspecified atom stereocenters. The van der Waals surface area contributed by atoms with Crippen LogP contribution in [0.3, 0.4) is 0 Å². The van der Waals surface area contributed by atoms with Crippen LogP contribution in [0.25, 0.3) is 0 Å². The lowest BCUT2D eigenvalue weighted by atomic mass is 9.70. The summed E-state index contributed by atoms with van der Waals surface area (Å²) < 4.78 is 0. The quantitative estimate of drug-likeness (QED) is 0.711. The van der Waals surface area contributed by atoms with E-state index >= 15 is 0 Å². The van der Waals surface area contributed by atoms with Crippen molar-refractivity contribution in [2.75, 3.05) is 0 Å².